The van der Waals surface area contributed by atoms with E-state index >= 15 is 0 Å². The molecule has 2 unspecified atom stereocenters. The number of unbranched alkanes of at least 4 members (excludes halogenated alkanes) is 1. The fourth-order valence-electron chi connectivity index (χ4n) is 4.47. The van der Waals surface area contributed by atoms with Crippen LogP contribution in [0.5, 0.6) is 0 Å². The van der Waals surface area contributed by atoms with Crippen LogP contribution in [0.25, 0.3) is 11.4 Å². The van der Waals surface area contributed by atoms with Gasteiger partial charge in [0, 0.05) is 57.3 Å². The molecule has 1 aromatic carbocycles. The molecule has 4 rings (SSSR count). The van der Waals surface area contributed by atoms with Gasteiger partial charge in [0.1, 0.15) is 17.6 Å². The number of carboxylic acids is 1. The molecule has 0 saturated carbocycles. The lowest BCUT2D eigenvalue weighted by Gasteiger charge is -2.31. The molecule has 0 bridgehead atoms. The highest BCUT2D eigenvalue weighted by molar-refractivity contribution is 7.51. The number of hydrogen-bond acceptors (Lipinski definition) is 9. The average molecular weight is 607 g/mol. The summed E-state index contributed by atoms with van der Waals surface area (Å²) in [6.45, 7) is 4.74. The molecule has 0 spiro atoms. The summed E-state index contributed by atoms with van der Waals surface area (Å²) in [4.78, 5) is 67.4. The summed E-state index contributed by atoms with van der Waals surface area (Å²) in [6, 6.07) is 9.11. The summed E-state index contributed by atoms with van der Waals surface area (Å²) in [5, 5.41) is 23.6. The van der Waals surface area contributed by atoms with Crippen LogP contribution < -0.4 is 15.5 Å². The quantitative estimate of drug-likeness (QED) is 0.207. The number of carboxylic acid groups (broad SMARTS) is 1. The van der Waals surface area contributed by atoms with Crippen LogP contribution >= 0.6 is 7.60 Å². The van der Waals surface area contributed by atoms with Crippen molar-refractivity contribution in [2.24, 2.45) is 0 Å². The second kappa shape index (κ2) is 15.7. The molecule has 1 aromatic heterocycles. The Bertz CT molecular complexity index is 1250. The van der Waals surface area contributed by atoms with Crippen molar-refractivity contribution in [2.45, 2.75) is 44.8 Å². The first-order chi connectivity index (χ1) is 20.0. The third-order valence-corrected chi connectivity index (χ3v) is 7.50. The summed E-state index contributed by atoms with van der Waals surface area (Å²) >= 11 is 0. The SMILES string of the molecule is CCCCC(=O)O.O=C(NC(CP(=O)(O)O)C(=O)N1CCNCC1)c1cc(N2CCC(O)C2)nc(-c2ccccc2)n1. The molecule has 0 aliphatic carbocycles. The third kappa shape index (κ3) is 10.4. The van der Waals surface area contributed by atoms with Crippen molar-refractivity contribution in [3.05, 3.63) is 42.1 Å². The molecular weight excluding hydrogens is 567 g/mol. The maximum absolute atomic E-state index is 13.2. The Morgan fingerprint density at radius 2 is 1.81 bits per heavy atom. The fraction of sp³-hybridized carbons (Fsp3) is 0.519. The number of anilines is 1. The van der Waals surface area contributed by atoms with Crippen molar-refractivity contribution >= 4 is 31.2 Å². The molecule has 14 nitrogen and oxygen atoms in total. The summed E-state index contributed by atoms with van der Waals surface area (Å²) < 4.78 is 11.7. The average Bonchev–Trinajstić information content (AvgIpc) is 3.42. The molecule has 2 fully saturated rings. The largest absolute Gasteiger partial charge is 0.481 e. The molecule has 42 heavy (non-hydrogen) atoms. The Kier molecular flexibility index (Phi) is 12.4. The zero-order valence-corrected chi connectivity index (χ0v) is 24.4. The van der Waals surface area contributed by atoms with Crippen LogP contribution in [0.1, 0.15) is 43.1 Å². The first kappa shape index (κ1) is 33.1. The molecule has 0 radical (unpaired) electrons. The summed E-state index contributed by atoms with van der Waals surface area (Å²) in [5.74, 6) is -1.26. The highest BCUT2D eigenvalue weighted by Crippen LogP contribution is 2.35. The topological polar surface area (TPSA) is 206 Å². The Balaban J connectivity index is 0.000000616. The van der Waals surface area contributed by atoms with E-state index in [1.807, 2.05) is 30.0 Å². The minimum absolute atomic E-state index is 0.0425. The van der Waals surface area contributed by atoms with Gasteiger partial charge in [0.2, 0.25) is 5.91 Å². The molecule has 3 heterocycles. The molecule has 2 saturated heterocycles. The maximum atomic E-state index is 13.2. The van der Waals surface area contributed by atoms with Gasteiger partial charge in [-0.2, -0.15) is 0 Å². The molecule has 2 amide bonds. The van der Waals surface area contributed by atoms with Crippen LogP contribution in [-0.2, 0) is 14.2 Å². The van der Waals surface area contributed by atoms with E-state index in [1.54, 1.807) is 12.1 Å². The number of nitrogens with zero attached hydrogens (tertiary/aromatic N) is 4. The van der Waals surface area contributed by atoms with Gasteiger partial charge in [-0.15, -0.1) is 0 Å². The highest BCUT2D eigenvalue weighted by Gasteiger charge is 2.33. The van der Waals surface area contributed by atoms with E-state index in [4.69, 9.17) is 5.11 Å². The van der Waals surface area contributed by atoms with Crippen molar-refractivity contribution < 1.29 is 38.9 Å². The van der Waals surface area contributed by atoms with E-state index in [-0.39, 0.29) is 11.5 Å². The Labute approximate surface area is 244 Å². The van der Waals surface area contributed by atoms with Gasteiger partial charge in [-0.05, 0) is 12.8 Å². The highest BCUT2D eigenvalue weighted by atomic mass is 31.2. The van der Waals surface area contributed by atoms with Crippen LogP contribution in [0.4, 0.5) is 5.82 Å². The lowest BCUT2D eigenvalue weighted by Crippen LogP contribution is -2.55. The number of β-amino-alcohol motifs (C(OH)–C–C–N with tert-alkyl or cyclic N) is 1. The number of rotatable bonds is 10. The molecule has 6 N–H and O–H groups in total. The van der Waals surface area contributed by atoms with Crippen LogP contribution in [-0.4, -0.2) is 110 Å². The molecular formula is C27H39N6O8P. The van der Waals surface area contributed by atoms with Gasteiger partial charge >= 0.3 is 13.6 Å². The first-order valence-corrected chi connectivity index (χ1v) is 15.7. The number of aliphatic hydroxyl groups excluding tert-OH is 1. The minimum atomic E-state index is -4.61. The monoisotopic (exact) mass is 606 g/mol. The molecule has 2 aromatic rings. The molecule has 15 heteroatoms. The number of aliphatic hydroxyl groups is 1. The van der Waals surface area contributed by atoms with Crippen molar-refractivity contribution in [1.29, 1.82) is 0 Å². The second-order valence-electron chi connectivity index (χ2n) is 10.1. The first-order valence-electron chi connectivity index (χ1n) is 13.9. The van der Waals surface area contributed by atoms with Crippen LogP contribution in [0, 0.1) is 0 Å². The van der Waals surface area contributed by atoms with Crippen LogP contribution in [0.2, 0.25) is 0 Å². The van der Waals surface area contributed by atoms with Gasteiger partial charge in [0.05, 0.1) is 12.3 Å². The number of amides is 2. The number of benzene rings is 1. The van der Waals surface area contributed by atoms with Crippen LogP contribution in [0.3, 0.4) is 0 Å². The Morgan fingerprint density at radius 3 is 2.36 bits per heavy atom. The minimum Gasteiger partial charge on any atom is -0.481 e. The number of hydrogen-bond donors (Lipinski definition) is 6. The number of aliphatic carboxylic acids is 1. The van der Waals surface area contributed by atoms with Crippen molar-refractivity contribution in [2.75, 3.05) is 50.3 Å². The normalized spacial score (nSPS) is 17.7. The van der Waals surface area contributed by atoms with E-state index in [0.29, 0.717) is 63.5 Å². The molecule has 2 aliphatic heterocycles. The smallest absolute Gasteiger partial charge is 0.328 e. The van der Waals surface area contributed by atoms with Gasteiger partial charge in [0.25, 0.3) is 5.91 Å². The fourth-order valence-corrected chi connectivity index (χ4v) is 5.19. The van der Waals surface area contributed by atoms with Gasteiger partial charge in [-0.25, -0.2) is 9.97 Å². The Hall–Kier alpha value is -3.42. The molecule has 230 valence electrons. The van der Waals surface area contributed by atoms with E-state index in [9.17, 15) is 33.8 Å². The van der Waals surface area contributed by atoms with Crippen molar-refractivity contribution in [3.63, 3.8) is 0 Å². The lowest BCUT2D eigenvalue weighted by atomic mass is 10.2. The van der Waals surface area contributed by atoms with E-state index in [2.05, 4.69) is 20.6 Å². The zero-order valence-electron chi connectivity index (χ0n) is 23.6. The zero-order chi connectivity index (χ0) is 30.7. The van der Waals surface area contributed by atoms with E-state index in [0.717, 1.165) is 12.8 Å². The standard InChI is InChI=1S/C22H29N6O6P.C5H10O2/c29-16-6-9-28(13-16)19-12-17(24-20(26-19)15-4-2-1-3-5-15)21(30)25-18(14-35(32,33)34)22(31)27-10-7-23-8-11-27;1-2-3-4-5(6)7/h1-5,12,16,18,23,29H,6-11,13-14H2,(H,25,30)(H2,32,33,34);2-4H2,1H3,(H,6,7). The summed E-state index contributed by atoms with van der Waals surface area (Å²) in [5.41, 5.74) is 0.630. The number of carbonyl (C=O) groups is 3. The van der Waals surface area contributed by atoms with Gasteiger partial charge in [0.15, 0.2) is 5.82 Å². The van der Waals surface area contributed by atoms with Crippen LogP contribution in [0.15, 0.2) is 36.4 Å². The number of nitrogens with one attached hydrogen (secondary N) is 2. The molecule has 2 atom stereocenters. The van der Waals surface area contributed by atoms with E-state index < -0.39 is 43.7 Å². The third-order valence-electron chi connectivity index (χ3n) is 6.66. The predicted octanol–water partition coefficient (Wildman–Crippen LogP) is 0.684. The summed E-state index contributed by atoms with van der Waals surface area (Å²) in [7, 11) is -4.61. The van der Waals surface area contributed by atoms with Gasteiger partial charge in [-0.3, -0.25) is 18.9 Å². The Morgan fingerprint density at radius 1 is 1.12 bits per heavy atom. The van der Waals surface area contributed by atoms with Crippen molar-refractivity contribution in [1.82, 2.24) is 25.5 Å². The molecule has 2 aliphatic rings. The van der Waals surface area contributed by atoms with E-state index in [1.165, 1.54) is 11.0 Å². The van der Waals surface area contributed by atoms with Gasteiger partial charge in [-0.1, -0.05) is 43.7 Å². The van der Waals surface area contributed by atoms with Gasteiger partial charge < -0.3 is 40.4 Å². The number of aromatic nitrogens is 2. The number of piperazine rings is 1. The second-order valence-corrected chi connectivity index (χ2v) is 11.8. The summed E-state index contributed by atoms with van der Waals surface area (Å²) in [6.07, 6.45) is 1.32. The predicted molar refractivity (Wildman–Crippen MR) is 155 cm³/mol. The van der Waals surface area contributed by atoms with Crippen molar-refractivity contribution in [3.8, 4) is 11.4 Å². The number of carbonyl (C=O) groups excluding carboxylic acids is 2. The maximum Gasteiger partial charge on any atom is 0.328 e. The lowest BCUT2D eigenvalue weighted by molar-refractivity contribution is -0.137.